The van der Waals surface area contributed by atoms with Crippen LogP contribution in [0.4, 0.5) is 5.82 Å². The standard InChI is InChI=1S/C11H12BrN3OS.BrH/c1-7(16)8(12)2-4-13-11-10-9(3-5-17-10)14-6-15-11;/h3,5-6,8H,2,4H2,1H3,(H,13,14,15);1H. The van der Waals surface area contributed by atoms with Crippen LogP contribution in [0.1, 0.15) is 13.3 Å². The van der Waals surface area contributed by atoms with Crippen molar-refractivity contribution in [3.05, 3.63) is 17.8 Å². The number of aromatic nitrogens is 2. The highest BCUT2D eigenvalue weighted by Crippen LogP contribution is 2.24. The van der Waals surface area contributed by atoms with E-state index >= 15 is 0 Å². The van der Waals surface area contributed by atoms with Gasteiger partial charge in [0.1, 0.15) is 17.9 Å². The second-order valence-corrected chi connectivity index (χ2v) is 5.67. The van der Waals surface area contributed by atoms with E-state index in [0.29, 0.717) is 6.54 Å². The summed E-state index contributed by atoms with van der Waals surface area (Å²) >= 11 is 4.95. The lowest BCUT2D eigenvalue weighted by atomic mass is 10.2. The van der Waals surface area contributed by atoms with Gasteiger partial charge in [-0.1, -0.05) is 15.9 Å². The second-order valence-electron chi connectivity index (χ2n) is 3.65. The van der Waals surface area contributed by atoms with Gasteiger partial charge in [0.15, 0.2) is 0 Å². The molecule has 0 saturated heterocycles. The van der Waals surface area contributed by atoms with Gasteiger partial charge in [0.05, 0.1) is 15.0 Å². The quantitative estimate of drug-likeness (QED) is 0.789. The molecule has 1 unspecified atom stereocenters. The number of Topliss-reactive ketones (excluding diaryl/α,β-unsaturated/α-hetero) is 1. The summed E-state index contributed by atoms with van der Waals surface area (Å²) in [6, 6.07) is 1.97. The van der Waals surface area contributed by atoms with Crippen molar-refractivity contribution >= 4 is 66.1 Å². The second kappa shape index (κ2) is 7.16. The number of halogens is 2. The van der Waals surface area contributed by atoms with E-state index in [1.165, 1.54) is 0 Å². The average molecular weight is 395 g/mol. The van der Waals surface area contributed by atoms with Gasteiger partial charge in [0, 0.05) is 6.54 Å². The monoisotopic (exact) mass is 393 g/mol. The van der Waals surface area contributed by atoms with Crippen molar-refractivity contribution in [2.24, 2.45) is 0 Å². The first-order valence-corrected chi connectivity index (χ1v) is 7.04. The van der Waals surface area contributed by atoms with Gasteiger partial charge in [0.25, 0.3) is 0 Å². The molecular formula is C11H13Br2N3OS. The first kappa shape index (κ1) is 15.5. The molecule has 0 aromatic carbocycles. The van der Waals surface area contributed by atoms with E-state index < -0.39 is 0 Å². The molecular weight excluding hydrogens is 382 g/mol. The van der Waals surface area contributed by atoms with Crippen LogP contribution in [0, 0.1) is 0 Å². The molecule has 2 rings (SSSR count). The summed E-state index contributed by atoms with van der Waals surface area (Å²) in [6.45, 7) is 2.29. The number of carbonyl (C=O) groups excluding carboxylic acids is 1. The molecule has 18 heavy (non-hydrogen) atoms. The molecule has 0 fully saturated rings. The summed E-state index contributed by atoms with van der Waals surface area (Å²) in [7, 11) is 0. The first-order valence-electron chi connectivity index (χ1n) is 5.25. The fraction of sp³-hybridized carbons (Fsp3) is 0.364. The highest BCUT2D eigenvalue weighted by molar-refractivity contribution is 9.10. The Labute approximate surface area is 128 Å². The van der Waals surface area contributed by atoms with E-state index in [-0.39, 0.29) is 27.6 Å². The topological polar surface area (TPSA) is 54.9 Å². The average Bonchev–Trinajstić information content (AvgIpc) is 2.77. The van der Waals surface area contributed by atoms with Crippen LogP contribution in [-0.4, -0.2) is 27.1 Å². The molecule has 0 aliphatic heterocycles. The minimum Gasteiger partial charge on any atom is -0.369 e. The molecule has 1 atom stereocenters. The van der Waals surface area contributed by atoms with Gasteiger partial charge in [-0.15, -0.1) is 28.3 Å². The lowest BCUT2D eigenvalue weighted by molar-refractivity contribution is -0.116. The molecule has 0 aliphatic rings. The molecule has 0 amide bonds. The number of nitrogens with zero attached hydrogens (tertiary/aromatic N) is 2. The summed E-state index contributed by atoms with van der Waals surface area (Å²) < 4.78 is 1.06. The molecule has 1 N–H and O–H groups in total. The third-order valence-electron chi connectivity index (χ3n) is 2.37. The minimum atomic E-state index is -0.0873. The number of anilines is 1. The van der Waals surface area contributed by atoms with Crippen LogP contribution in [0.3, 0.4) is 0 Å². The SMILES string of the molecule is Br.CC(=O)C(Br)CCNc1ncnc2ccsc12. The van der Waals surface area contributed by atoms with Gasteiger partial charge in [-0.3, -0.25) is 4.79 Å². The number of hydrogen-bond donors (Lipinski definition) is 1. The van der Waals surface area contributed by atoms with Crippen molar-refractivity contribution in [2.75, 3.05) is 11.9 Å². The molecule has 98 valence electrons. The molecule has 4 nitrogen and oxygen atoms in total. The fourth-order valence-corrected chi connectivity index (χ4v) is 2.48. The van der Waals surface area contributed by atoms with Crippen molar-refractivity contribution in [2.45, 2.75) is 18.2 Å². The van der Waals surface area contributed by atoms with Crippen LogP contribution in [-0.2, 0) is 4.79 Å². The summed E-state index contributed by atoms with van der Waals surface area (Å²) in [5.41, 5.74) is 0.953. The Bertz CT molecular complexity index is 532. The highest BCUT2D eigenvalue weighted by Gasteiger charge is 2.10. The molecule has 7 heteroatoms. The molecule has 0 bridgehead atoms. The zero-order chi connectivity index (χ0) is 12.3. The largest absolute Gasteiger partial charge is 0.369 e. The zero-order valence-electron chi connectivity index (χ0n) is 9.72. The van der Waals surface area contributed by atoms with Gasteiger partial charge < -0.3 is 5.32 Å². The number of alkyl halides is 1. The maximum atomic E-state index is 11.1. The molecule has 0 aliphatic carbocycles. The smallest absolute Gasteiger partial charge is 0.147 e. The molecule has 2 heterocycles. The summed E-state index contributed by atoms with van der Waals surface area (Å²) in [5.74, 6) is 0.990. The van der Waals surface area contributed by atoms with Gasteiger partial charge >= 0.3 is 0 Å². The number of carbonyl (C=O) groups is 1. The maximum Gasteiger partial charge on any atom is 0.147 e. The number of hydrogen-bond acceptors (Lipinski definition) is 5. The van der Waals surface area contributed by atoms with Crippen LogP contribution in [0.15, 0.2) is 17.8 Å². The number of nitrogens with one attached hydrogen (secondary N) is 1. The van der Waals surface area contributed by atoms with Crippen LogP contribution in [0.25, 0.3) is 10.2 Å². The Morgan fingerprint density at radius 2 is 2.33 bits per heavy atom. The van der Waals surface area contributed by atoms with Gasteiger partial charge in [0.2, 0.25) is 0 Å². The van der Waals surface area contributed by atoms with Gasteiger partial charge in [-0.05, 0) is 24.8 Å². The molecule has 2 aromatic heterocycles. The minimum absolute atomic E-state index is 0. The van der Waals surface area contributed by atoms with E-state index in [4.69, 9.17) is 0 Å². The lowest BCUT2D eigenvalue weighted by Gasteiger charge is -2.08. The molecule has 2 aromatic rings. The van der Waals surface area contributed by atoms with E-state index in [1.54, 1.807) is 24.6 Å². The summed E-state index contributed by atoms with van der Waals surface area (Å²) in [5, 5.41) is 5.23. The summed E-state index contributed by atoms with van der Waals surface area (Å²) in [6.07, 6.45) is 2.29. The molecule has 0 saturated carbocycles. The zero-order valence-corrected chi connectivity index (χ0v) is 13.8. The number of fused-ring (bicyclic) bond motifs is 1. The van der Waals surface area contributed by atoms with Crippen LogP contribution in [0.5, 0.6) is 0 Å². The lowest BCUT2D eigenvalue weighted by Crippen LogP contribution is -2.15. The van der Waals surface area contributed by atoms with Crippen molar-refractivity contribution in [1.82, 2.24) is 9.97 Å². The third-order valence-corrected chi connectivity index (χ3v) is 4.39. The van der Waals surface area contributed by atoms with E-state index in [1.807, 2.05) is 11.4 Å². The van der Waals surface area contributed by atoms with E-state index in [0.717, 1.165) is 22.5 Å². The number of ketones is 1. The third kappa shape index (κ3) is 3.73. The first-order chi connectivity index (χ1) is 8.18. The predicted molar refractivity (Wildman–Crippen MR) is 84.2 cm³/mol. The van der Waals surface area contributed by atoms with Crippen molar-refractivity contribution in [1.29, 1.82) is 0 Å². The van der Waals surface area contributed by atoms with Crippen LogP contribution < -0.4 is 5.32 Å². The Morgan fingerprint density at radius 1 is 1.56 bits per heavy atom. The molecule has 0 spiro atoms. The van der Waals surface area contributed by atoms with E-state index in [2.05, 4.69) is 31.2 Å². The van der Waals surface area contributed by atoms with Gasteiger partial charge in [-0.25, -0.2) is 9.97 Å². The van der Waals surface area contributed by atoms with Crippen molar-refractivity contribution in [3.8, 4) is 0 Å². The van der Waals surface area contributed by atoms with Crippen molar-refractivity contribution < 1.29 is 4.79 Å². The van der Waals surface area contributed by atoms with E-state index in [9.17, 15) is 4.79 Å². The van der Waals surface area contributed by atoms with Crippen molar-refractivity contribution in [3.63, 3.8) is 0 Å². The predicted octanol–water partition coefficient (Wildman–Crippen LogP) is 3.42. The van der Waals surface area contributed by atoms with Crippen LogP contribution in [0.2, 0.25) is 0 Å². The summed E-state index contributed by atoms with van der Waals surface area (Å²) in [4.78, 5) is 19.3. The Hall–Kier alpha value is -0.530. The van der Waals surface area contributed by atoms with Crippen LogP contribution >= 0.6 is 44.2 Å². The highest BCUT2D eigenvalue weighted by atomic mass is 79.9. The fourth-order valence-electron chi connectivity index (χ4n) is 1.44. The van der Waals surface area contributed by atoms with Gasteiger partial charge in [-0.2, -0.15) is 0 Å². The Kier molecular flexibility index (Phi) is 6.17. The number of thiophene rings is 1. The Morgan fingerprint density at radius 3 is 3.06 bits per heavy atom. The Balaban J connectivity index is 0.00000162. The molecule has 0 radical (unpaired) electrons. The maximum absolute atomic E-state index is 11.1. The number of rotatable bonds is 5. The normalized spacial score (nSPS) is 11.9.